The van der Waals surface area contributed by atoms with Crippen LogP contribution in [0.25, 0.3) is 11.3 Å². The van der Waals surface area contributed by atoms with Gasteiger partial charge in [0, 0.05) is 24.0 Å². The lowest BCUT2D eigenvalue weighted by Crippen LogP contribution is -2.11. The van der Waals surface area contributed by atoms with Crippen LogP contribution in [0, 0.1) is 0 Å². The number of furan rings is 1. The summed E-state index contributed by atoms with van der Waals surface area (Å²) in [7, 11) is 0. The number of aromatic nitrogens is 3. The molecule has 0 unspecified atom stereocenters. The highest BCUT2D eigenvalue weighted by molar-refractivity contribution is 9.10. The van der Waals surface area contributed by atoms with Crippen LogP contribution in [0.5, 0.6) is 5.75 Å². The first-order valence-electron chi connectivity index (χ1n) is 8.42. The van der Waals surface area contributed by atoms with Crippen molar-refractivity contribution >= 4 is 27.7 Å². The molecule has 1 amide bonds. The fourth-order valence-corrected chi connectivity index (χ4v) is 2.93. The molecule has 0 saturated carbocycles. The van der Waals surface area contributed by atoms with E-state index in [0.29, 0.717) is 17.3 Å². The highest BCUT2D eigenvalue weighted by atomic mass is 79.9. The minimum atomic E-state index is -0.389. The van der Waals surface area contributed by atoms with Crippen molar-refractivity contribution in [2.45, 2.75) is 6.61 Å². The number of nitrogens with zero attached hydrogens (tertiary/aromatic N) is 2. The number of rotatable bonds is 6. The number of H-pyrrole nitrogens is 1. The third kappa shape index (κ3) is 4.12. The van der Waals surface area contributed by atoms with Crippen LogP contribution in [0.4, 0.5) is 5.82 Å². The molecule has 0 aliphatic rings. The normalized spacial score (nSPS) is 10.6. The Morgan fingerprint density at radius 3 is 2.79 bits per heavy atom. The smallest absolute Gasteiger partial charge is 0.292 e. The minimum Gasteiger partial charge on any atom is -0.484 e. The first kappa shape index (κ1) is 18.0. The van der Waals surface area contributed by atoms with E-state index in [1.807, 2.05) is 36.4 Å². The molecule has 0 bridgehead atoms. The van der Waals surface area contributed by atoms with Crippen molar-refractivity contribution in [3.8, 4) is 17.0 Å². The van der Waals surface area contributed by atoms with E-state index in [-0.39, 0.29) is 18.3 Å². The number of hydrogen-bond donors (Lipinski definition) is 2. The number of hydrogen-bond acceptors (Lipinski definition) is 5. The van der Waals surface area contributed by atoms with Gasteiger partial charge in [0.25, 0.3) is 5.91 Å². The molecular formula is C20H15BrN4O3. The zero-order valence-corrected chi connectivity index (χ0v) is 16.1. The van der Waals surface area contributed by atoms with Gasteiger partial charge in [-0.1, -0.05) is 12.1 Å². The highest BCUT2D eigenvalue weighted by Crippen LogP contribution is 2.25. The summed E-state index contributed by atoms with van der Waals surface area (Å²) < 4.78 is 12.1. The monoisotopic (exact) mass is 438 g/mol. The van der Waals surface area contributed by atoms with Gasteiger partial charge in [0.2, 0.25) is 0 Å². The van der Waals surface area contributed by atoms with Crippen LogP contribution < -0.4 is 10.1 Å². The highest BCUT2D eigenvalue weighted by Gasteiger charge is 2.14. The molecule has 8 heteroatoms. The van der Waals surface area contributed by atoms with Crippen molar-refractivity contribution in [1.82, 2.24) is 15.2 Å². The Balaban J connectivity index is 1.38. The van der Waals surface area contributed by atoms with E-state index in [1.54, 1.807) is 30.6 Å². The van der Waals surface area contributed by atoms with E-state index in [1.165, 1.54) is 0 Å². The molecule has 2 N–H and O–H groups in total. The number of pyridine rings is 1. The quantitative estimate of drug-likeness (QED) is 0.456. The van der Waals surface area contributed by atoms with Crippen LogP contribution in [0.2, 0.25) is 0 Å². The molecule has 3 heterocycles. The second-order valence-electron chi connectivity index (χ2n) is 5.84. The van der Waals surface area contributed by atoms with Crippen molar-refractivity contribution in [3.63, 3.8) is 0 Å². The number of halogens is 1. The molecule has 0 saturated heterocycles. The summed E-state index contributed by atoms with van der Waals surface area (Å²) in [5, 5.41) is 9.69. The van der Waals surface area contributed by atoms with Crippen molar-refractivity contribution < 1.29 is 13.9 Å². The maximum atomic E-state index is 12.4. The van der Waals surface area contributed by atoms with Gasteiger partial charge in [-0.3, -0.25) is 14.9 Å². The number of carbonyl (C=O) groups is 1. The molecule has 0 atom stereocenters. The minimum absolute atomic E-state index is 0.180. The Bertz CT molecular complexity index is 1090. The van der Waals surface area contributed by atoms with Crippen molar-refractivity contribution in [2.24, 2.45) is 0 Å². The van der Waals surface area contributed by atoms with E-state index in [9.17, 15) is 4.79 Å². The number of benzene rings is 1. The lowest BCUT2D eigenvalue weighted by molar-refractivity contribution is 0.0992. The van der Waals surface area contributed by atoms with Gasteiger partial charge in [-0.15, -0.1) is 0 Å². The molecule has 140 valence electrons. The topological polar surface area (TPSA) is 93.0 Å². The maximum Gasteiger partial charge on any atom is 0.292 e. The van der Waals surface area contributed by atoms with Crippen LogP contribution in [0.1, 0.15) is 16.3 Å². The Hall–Kier alpha value is -3.39. The van der Waals surface area contributed by atoms with E-state index in [2.05, 4.69) is 36.4 Å². The standard InChI is InChI=1S/C20H15BrN4O3/c21-15-3-1-2-4-17(15)27-12-14-5-6-18(28-14)20(26)23-19-11-16(24-25-19)13-7-9-22-10-8-13/h1-11H,12H2,(H2,23,24,25,26). The Labute approximate surface area is 168 Å². The van der Waals surface area contributed by atoms with Crippen LogP contribution in [-0.2, 0) is 6.61 Å². The van der Waals surface area contributed by atoms with Gasteiger partial charge in [-0.05, 0) is 52.3 Å². The van der Waals surface area contributed by atoms with Crippen LogP contribution in [-0.4, -0.2) is 21.1 Å². The fraction of sp³-hybridized carbons (Fsp3) is 0.0500. The molecule has 0 aliphatic carbocycles. The molecule has 3 aromatic heterocycles. The third-order valence-electron chi connectivity index (χ3n) is 3.90. The second kappa shape index (κ2) is 8.10. The zero-order valence-electron chi connectivity index (χ0n) is 14.6. The van der Waals surface area contributed by atoms with Gasteiger partial charge in [-0.2, -0.15) is 5.10 Å². The third-order valence-corrected chi connectivity index (χ3v) is 4.56. The summed E-state index contributed by atoms with van der Waals surface area (Å²) in [6, 6.07) is 16.3. The molecule has 28 heavy (non-hydrogen) atoms. The summed E-state index contributed by atoms with van der Waals surface area (Å²) in [4.78, 5) is 16.4. The predicted molar refractivity (Wildman–Crippen MR) is 107 cm³/mol. The van der Waals surface area contributed by atoms with Crippen molar-refractivity contribution in [3.05, 3.63) is 83.0 Å². The number of carbonyl (C=O) groups excluding carboxylic acids is 1. The molecule has 4 rings (SSSR count). The number of para-hydroxylation sites is 1. The molecule has 0 radical (unpaired) electrons. The number of anilines is 1. The number of ether oxygens (including phenoxy) is 1. The van der Waals surface area contributed by atoms with Gasteiger partial charge in [0.15, 0.2) is 11.6 Å². The number of amides is 1. The van der Waals surface area contributed by atoms with E-state index in [4.69, 9.17) is 9.15 Å². The second-order valence-corrected chi connectivity index (χ2v) is 6.70. The van der Waals surface area contributed by atoms with E-state index >= 15 is 0 Å². The van der Waals surface area contributed by atoms with Gasteiger partial charge < -0.3 is 14.5 Å². The first-order valence-corrected chi connectivity index (χ1v) is 9.21. The molecule has 0 spiro atoms. The molecule has 0 aliphatic heterocycles. The summed E-state index contributed by atoms with van der Waals surface area (Å²) in [5.74, 6) is 1.43. The summed E-state index contributed by atoms with van der Waals surface area (Å²) in [5.41, 5.74) is 1.70. The van der Waals surface area contributed by atoms with E-state index in [0.717, 1.165) is 15.7 Å². The predicted octanol–water partition coefficient (Wildman–Crippen LogP) is 4.66. The molecule has 7 nitrogen and oxygen atoms in total. The zero-order chi connectivity index (χ0) is 19.3. The number of aromatic amines is 1. The summed E-state index contributed by atoms with van der Waals surface area (Å²) in [6.45, 7) is 0.213. The average Bonchev–Trinajstić information content (AvgIpc) is 3.38. The average molecular weight is 439 g/mol. The van der Waals surface area contributed by atoms with Gasteiger partial charge >= 0.3 is 0 Å². The molecule has 4 aromatic rings. The Morgan fingerprint density at radius 2 is 1.96 bits per heavy atom. The molecule has 0 fully saturated rings. The first-order chi connectivity index (χ1) is 13.7. The van der Waals surface area contributed by atoms with Crippen molar-refractivity contribution in [2.75, 3.05) is 5.32 Å². The maximum absolute atomic E-state index is 12.4. The fourth-order valence-electron chi connectivity index (χ4n) is 2.53. The lowest BCUT2D eigenvalue weighted by atomic mass is 10.2. The van der Waals surface area contributed by atoms with Crippen LogP contribution in [0.3, 0.4) is 0 Å². The van der Waals surface area contributed by atoms with E-state index < -0.39 is 0 Å². The van der Waals surface area contributed by atoms with Gasteiger partial charge in [0.05, 0.1) is 10.2 Å². The molecule has 1 aromatic carbocycles. The van der Waals surface area contributed by atoms with Crippen LogP contribution in [0.15, 0.2) is 75.9 Å². The lowest BCUT2D eigenvalue weighted by Gasteiger charge is -2.05. The Kier molecular flexibility index (Phi) is 5.20. The largest absolute Gasteiger partial charge is 0.484 e. The SMILES string of the molecule is O=C(Nc1cc(-c2ccncc2)[nH]n1)c1ccc(COc2ccccc2Br)o1. The summed E-state index contributed by atoms with van der Waals surface area (Å²) >= 11 is 3.42. The molecular weight excluding hydrogens is 424 g/mol. The summed E-state index contributed by atoms with van der Waals surface area (Å²) in [6.07, 6.45) is 3.38. The van der Waals surface area contributed by atoms with Crippen LogP contribution >= 0.6 is 15.9 Å². The number of nitrogens with one attached hydrogen (secondary N) is 2. The van der Waals surface area contributed by atoms with Gasteiger partial charge in [0.1, 0.15) is 18.1 Å². The van der Waals surface area contributed by atoms with Gasteiger partial charge in [-0.25, -0.2) is 0 Å². The Morgan fingerprint density at radius 1 is 1.14 bits per heavy atom. The van der Waals surface area contributed by atoms with Crippen molar-refractivity contribution in [1.29, 1.82) is 0 Å².